The number of likely N-dealkylation sites (tertiary alicyclic amines) is 1. The molecule has 0 aliphatic carbocycles. The maximum Gasteiger partial charge on any atom is 0.352 e. The summed E-state index contributed by atoms with van der Waals surface area (Å²) in [6, 6.07) is 9.54. The fraction of sp³-hybridized carbons (Fsp3) is 0.429. The number of piperidine rings is 1. The number of nitrogens with zero attached hydrogens (tertiary/aromatic N) is 1. The summed E-state index contributed by atoms with van der Waals surface area (Å²) < 4.78 is 18.8. The lowest BCUT2D eigenvalue weighted by Gasteiger charge is -2.34. The molecule has 1 fully saturated rings. The third-order valence-electron chi connectivity index (χ3n) is 3.30. The molecule has 0 saturated carbocycles. The minimum Gasteiger partial charge on any atom is -0.466 e. The van der Waals surface area contributed by atoms with E-state index < -0.39 is 17.4 Å². The first-order valence-corrected chi connectivity index (χ1v) is 6.13. The van der Waals surface area contributed by atoms with Crippen molar-refractivity contribution in [3.63, 3.8) is 0 Å². The minimum atomic E-state index is -2.53. The van der Waals surface area contributed by atoms with Gasteiger partial charge in [-0.05, 0) is 5.56 Å². The molecule has 1 aromatic rings. The van der Waals surface area contributed by atoms with Crippen LogP contribution in [0.15, 0.2) is 30.3 Å². The molecule has 1 saturated heterocycles. The standard InChI is InChI=1S/C14H16FNO3/c1-19-13(18)14(15)10-16(8-7-12(14)17)9-11-5-3-2-4-6-11/h2-6H,7-10H2,1H3. The Hall–Kier alpha value is -1.75. The summed E-state index contributed by atoms with van der Waals surface area (Å²) in [6.07, 6.45) is 0.0262. The van der Waals surface area contributed by atoms with Crippen LogP contribution in [0.1, 0.15) is 12.0 Å². The van der Waals surface area contributed by atoms with Gasteiger partial charge in [0.15, 0.2) is 5.78 Å². The van der Waals surface area contributed by atoms with Crippen LogP contribution < -0.4 is 0 Å². The summed E-state index contributed by atoms with van der Waals surface area (Å²) in [6.45, 7) is 0.723. The van der Waals surface area contributed by atoms with E-state index in [1.54, 1.807) is 4.90 Å². The van der Waals surface area contributed by atoms with E-state index >= 15 is 0 Å². The predicted molar refractivity (Wildman–Crippen MR) is 67.2 cm³/mol. The zero-order valence-corrected chi connectivity index (χ0v) is 10.8. The number of Topliss-reactive ketones (excluding diaryl/α,β-unsaturated/α-hetero) is 1. The maximum atomic E-state index is 14.4. The number of halogens is 1. The number of hydrogen-bond donors (Lipinski definition) is 0. The van der Waals surface area contributed by atoms with Gasteiger partial charge in [0.2, 0.25) is 0 Å². The largest absolute Gasteiger partial charge is 0.466 e. The van der Waals surface area contributed by atoms with E-state index in [1.807, 2.05) is 30.3 Å². The van der Waals surface area contributed by atoms with Gasteiger partial charge in [-0.15, -0.1) is 0 Å². The average Bonchev–Trinajstić information content (AvgIpc) is 2.43. The number of carbonyl (C=O) groups is 2. The van der Waals surface area contributed by atoms with Gasteiger partial charge in [0.25, 0.3) is 5.67 Å². The van der Waals surface area contributed by atoms with E-state index in [0.29, 0.717) is 13.1 Å². The van der Waals surface area contributed by atoms with E-state index in [0.717, 1.165) is 12.7 Å². The summed E-state index contributed by atoms with van der Waals surface area (Å²) in [4.78, 5) is 24.8. The first-order chi connectivity index (χ1) is 9.06. The number of esters is 1. The van der Waals surface area contributed by atoms with Gasteiger partial charge in [0.05, 0.1) is 13.7 Å². The topological polar surface area (TPSA) is 46.6 Å². The van der Waals surface area contributed by atoms with E-state index in [1.165, 1.54) is 0 Å². The zero-order chi connectivity index (χ0) is 13.9. The van der Waals surface area contributed by atoms with Gasteiger partial charge < -0.3 is 4.74 Å². The molecule has 1 heterocycles. The van der Waals surface area contributed by atoms with Crippen molar-refractivity contribution in [2.75, 3.05) is 20.2 Å². The number of hydrogen-bond acceptors (Lipinski definition) is 4. The molecule has 1 aliphatic rings. The van der Waals surface area contributed by atoms with Crippen LogP contribution >= 0.6 is 0 Å². The summed E-state index contributed by atoms with van der Waals surface area (Å²) in [5.41, 5.74) is -1.51. The minimum absolute atomic E-state index is 0.0262. The van der Waals surface area contributed by atoms with Crippen LogP contribution in [0.5, 0.6) is 0 Å². The Morgan fingerprint density at radius 1 is 1.42 bits per heavy atom. The van der Waals surface area contributed by atoms with Gasteiger partial charge in [0, 0.05) is 19.5 Å². The van der Waals surface area contributed by atoms with Gasteiger partial charge in [-0.2, -0.15) is 0 Å². The van der Waals surface area contributed by atoms with Gasteiger partial charge in [-0.25, -0.2) is 9.18 Å². The number of rotatable bonds is 3. The van der Waals surface area contributed by atoms with Crippen molar-refractivity contribution in [1.29, 1.82) is 0 Å². The van der Waals surface area contributed by atoms with Crippen LogP contribution in [0.4, 0.5) is 4.39 Å². The molecule has 0 amide bonds. The SMILES string of the molecule is COC(=O)C1(F)CN(Cc2ccccc2)CCC1=O. The molecule has 0 spiro atoms. The Morgan fingerprint density at radius 2 is 2.11 bits per heavy atom. The third kappa shape index (κ3) is 2.81. The quantitative estimate of drug-likeness (QED) is 0.611. The summed E-state index contributed by atoms with van der Waals surface area (Å²) in [5, 5.41) is 0. The van der Waals surface area contributed by atoms with Crippen molar-refractivity contribution in [1.82, 2.24) is 4.90 Å². The molecule has 19 heavy (non-hydrogen) atoms. The molecule has 0 bridgehead atoms. The first kappa shape index (κ1) is 13.7. The van der Waals surface area contributed by atoms with Crippen LogP contribution in [-0.4, -0.2) is 42.5 Å². The third-order valence-corrected chi connectivity index (χ3v) is 3.30. The van der Waals surface area contributed by atoms with Crippen LogP contribution in [0.25, 0.3) is 0 Å². The molecule has 1 aliphatic heterocycles. The van der Waals surface area contributed by atoms with Crippen molar-refractivity contribution >= 4 is 11.8 Å². The van der Waals surface area contributed by atoms with Crippen molar-refractivity contribution in [3.8, 4) is 0 Å². The molecule has 1 atom stereocenters. The van der Waals surface area contributed by atoms with Crippen molar-refractivity contribution in [2.45, 2.75) is 18.6 Å². The Bertz CT molecular complexity index is 467. The molecule has 0 aromatic heterocycles. The fourth-order valence-electron chi connectivity index (χ4n) is 2.25. The summed E-state index contributed by atoms with van der Waals surface area (Å²) in [7, 11) is 1.09. The Morgan fingerprint density at radius 3 is 2.74 bits per heavy atom. The molecule has 2 rings (SSSR count). The molecule has 0 radical (unpaired) electrons. The summed E-state index contributed by atoms with van der Waals surface area (Å²) >= 11 is 0. The van der Waals surface area contributed by atoms with Gasteiger partial charge in [-0.3, -0.25) is 9.69 Å². The lowest BCUT2D eigenvalue weighted by molar-refractivity contribution is -0.164. The van der Waals surface area contributed by atoms with E-state index in [4.69, 9.17) is 0 Å². The number of ketones is 1. The highest BCUT2D eigenvalue weighted by Crippen LogP contribution is 2.24. The van der Waals surface area contributed by atoms with Crippen LogP contribution in [0, 0.1) is 0 Å². The second kappa shape index (κ2) is 5.48. The Kier molecular flexibility index (Phi) is 3.95. The Balaban J connectivity index is 2.09. The van der Waals surface area contributed by atoms with Crippen LogP contribution in [-0.2, 0) is 20.9 Å². The van der Waals surface area contributed by atoms with E-state index in [2.05, 4.69) is 4.74 Å². The normalized spacial score (nSPS) is 24.2. The molecular weight excluding hydrogens is 249 g/mol. The van der Waals surface area contributed by atoms with Crippen molar-refractivity contribution < 1.29 is 18.7 Å². The fourth-order valence-corrected chi connectivity index (χ4v) is 2.25. The smallest absolute Gasteiger partial charge is 0.352 e. The second-order valence-corrected chi connectivity index (χ2v) is 4.66. The highest BCUT2D eigenvalue weighted by molar-refractivity contribution is 6.08. The monoisotopic (exact) mass is 265 g/mol. The van der Waals surface area contributed by atoms with Gasteiger partial charge in [0.1, 0.15) is 0 Å². The van der Waals surface area contributed by atoms with Gasteiger partial charge >= 0.3 is 5.97 Å². The molecule has 0 N–H and O–H groups in total. The Labute approximate surface area is 111 Å². The van der Waals surface area contributed by atoms with E-state index in [9.17, 15) is 14.0 Å². The molecule has 4 nitrogen and oxygen atoms in total. The highest BCUT2D eigenvalue weighted by Gasteiger charge is 2.50. The molecule has 102 valence electrons. The average molecular weight is 265 g/mol. The molecule has 1 aromatic carbocycles. The lowest BCUT2D eigenvalue weighted by Crippen LogP contribution is -2.56. The van der Waals surface area contributed by atoms with Gasteiger partial charge in [-0.1, -0.05) is 30.3 Å². The molecular formula is C14H16FNO3. The van der Waals surface area contributed by atoms with Crippen LogP contribution in [0.3, 0.4) is 0 Å². The highest BCUT2D eigenvalue weighted by atomic mass is 19.1. The second-order valence-electron chi connectivity index (χ2n) is 4.66. The summed E-state index contributed by atoms with van der Waals surface area (Å²) in [5.74, 6) is -1.79. The number of alkyl halides is 1. The molecule has 5 heteroatoms. The van der Waals surface area contributed by atoms with Crippen molar-refractivity contribution in [3.05, 3.63) is 35.9 Å². The number of methoxy groups -OCH3 is 1. The number of carbonyl (C=O) groups excluding carboxylic acids is 2. The lowest BCUT2D eigenvalue weighted by atomic mass is 9.93. The number of benzene rings is 1. The number of ether oxygens (including phenoxy) is 1. The first-order valence-electron chi connectivity index (χ1n) is 6.13. The maximum absolute atomic E-state index is 14.4. The van der Waals surface area contributed by atoms with Crippen LogP contribution in [0.2, 0.25) is 0 Å². The van der Waals surface area contributed by atoms with Crippen molar-refractivity contribution in [2.24, 2.45) is 0 Å². The zero-order valence-electron chi connectivity index (χ0n) is 10.8. The van der Waals surface area contributed by atoms with E-state index in [-0.39, 0.29) is 13.0 Å². The molecule has 1 unspecified atom stereocenters. The predicted octanol–water partition coefficient (Wildman–Crippen LogP) is 1.34.